The van der Waals surface area contributed by atoms with Gasteiger partial charge in [0.05, 0.1) is 13.2 Å². The van der Waals surface area contributed by atoms with Crippen LogP contribution in [-0.2, 0) is 6.42 Å². The molecule has 0 spiro atoms. The standard InChI is InChI=1S/C18H22ClNO2/c1-13(11-15-5-3-4-6-18(15)22-2)20-12-17(21)14-7-9-16(19)10-8-14/h3-10,13,17,20-21H,11-12H2,1-2H3/t13?,17-/m0/s1. The topological polar surface area (TPSA) is 41.5 Å². The number of hydrogen-bond acceptors (Lipinski definition) is 3. The fraction of sp³-hybridized carbons (Fsp3) is 0.333. The lowest BCUT2D eigenvalue weighted by Gasteiger charge is -2.18. The molecule has 2 aromatic rings. The minimum atomic E-state index is -0.544. The van der Waals surface area contributed by atoms with Crippen LogP contribution in [0.25, 0.3) is 0 Å². The van der Waals surface area contributed by atoms with Gasteiger partial charge in [-0.3, -0.25) is 0 Å². The van der Waals surface area contributed by atoms with E-state index < -0.39 is 6.10 Å². The molecule has 0 radical (unpaired) electrons. The molecular weight excluding hydrogens is 298 g/mol. The summed E-state index contributed by atoms with van der Waals surface area (Å²) in [5.74, 6) is 0.898. The van der Waals surface area contributed by atoms with Gasteiger partial charge in [-0.05, 0) is 42.7 Å². The van der Waals surface area contributed by atoms with Crippen LogP contribution in [-0.4, -0.2) is 24.8 Å². The number of halogens is 1. The molecule has 2 rings (SSSR count). The Balaban J connectivity index is 1.87. The summed E-state index contributed by atoms with van der Waals surface area (Å²) in [6.07, 6.45) is 0.301. The van der Waals surface area contributed by atoms with E-state index in [1.54, 1.807) is 19.2 Å². The Hall–Kier alpha value is -1.55. The Morgan fingerprint density at radius 1 is 1.14 bits per heavy atom. The monoisotopic (exact) mass is 319 g/mol. The molecule has 0 amide bonds. The summed E-state index contributed by atoms with van der Waals surface area (Å²) in [5, 5.41) is 14.2. The molecule has 0 heterocycles. The molecule has 0 aliphatic rings. The van der Waals surface area contributed by atoms with Crippen molar-refractivity contribution in [3.8, 4) is 5.75 Å². The van der Waals surface area contributed by atoms with Gasteiger partial charge >= 0.3 is 0 Å². The van der Waals surface area contributed by atoms with Crippen LogP contribution in [0.15, 0.2) is 48.5 Å². The summed E-state index contributed by atoms with van der Waals surface area (Å²) >= 11 is 5.85. The van der Waals surface area contributed by atoms with Crippen LogP contribution in [0.1, 0.15) is 24.2 Å². The first-order chi connectivity index (χ1) is 10.6. The van der Waals surface area contributed by atoms with E-state index in [0.717, 1.165) is 23.3 Å². The van der Waals surface area contributed by atoms with E-state index in [0.29, 0.717) is 11.6 Å². The van der Waals surface area contributed by atoms with Gasteiger partial charge in [0.25, 0.3) is 0 Å². The van der Waals surface area contributed by atoms with Gasteiger partial charge in [-0.1, -0.05) is 41.9 Å². The summed E-state index contributed by atoms with van der Waals surface area (Å²) in [4.78, 5) is 0. The highest BCUT2D eigenvalue weighted by Crippen LogP contribution is 2.19. The van der Waals surface area contributed by atoms with E-state index in [4.69, 9.17) is 16.3 Å². The van der Waals surface area contributed by atoms with Crippen molar-refractivity contribution in [3.63, 3.8) is 0 Å². The van der Waals surface area contributed by atoms with Gasteiger partial charge in [0.15, 0.2) is 0 Å². The lowest BCUT2D eigenvalue weighted by atomic mass is 10.0. The van der Waals surface area contributed by atoms with Crippen molar-refractivity contribution in [2.75, 3.05) is 13.7 Å². The van der Waals surface area contributed by atoms with Gasteiger partial charge in [-0.25, -0.2) is 0 Å². The third-order valence-corrected chi connectivity index (χ3v) is 3.89. The van der Waals surface area contributed by atoms with Gasteiger partial charge in [0.1, 0.15) is 5.75 Å². The molecule has 0 bridgehead atoms. The normalized spacial score (nSPS) is 13.6. The molecule has 0 aliphatic carbocycles. The van der Waals surface area contributed by atoms with Crippen molar-refractivity contribution in [3.05, 3.63) is 64.7 Å². The molecule has 3 nitrogen and oxygen atoms in total. The lowest BCUT2D eigenvalue weighted by Crippen LogP contribution is -2.32. The smallest absolute Gasteiger partial charge is 0.122 e. The Morgan fingerprint density at radius 2 is 1.82 bits per heavy atom. The molecular formula is C18H22ClNO2. The van der Waals surface area contributed by atoms with Crippen LogP contribution < -0.4 is 10.1 Å². The Kier molecular flexibility index (Phi) is 6.25. The fourth-order valence-corrected chi connectivity index (χ4v) is 2.52. The van der Waals surface area contributed by atoms with Crippen molar-refractivity contribution >= 4 is 11.6 Å². The van der Waals surface area contributed by atoms with Gasteiger partial charge in [-0.15, -0.1) is 0 Å². The molecule has 22 heavy (non-hydrogen) atoms. The lowest BCUT2D eigenvalue weighted by molar-refractivity contribution is 0.170. The number of benzene rings is 2. The summed E-state index contributed by atoms with van der Waals surface area (Å²) in [5.41, 5.74) is 2.02. The van der Waals surface area contributed by atoms with Crippen molar-refractivity contribution in [2.45, 2.75) is 25.5 Å². The number of aliphatic hydroxyl groups is 1. The third kappa shape index (κ3) is 4.73. The quantitative estimate of drug-likeness (QED) is 0.819. The summed E-state index contributed by atoms with van der Waals surface area (Å²) in [6.45, 7) is 2.60. The Labute approximate surface area is 136 Å². The van der Waals surface area contributed by atoms with Crippen molar-refractivity contribution in [2.24, 2.45) is 0 Å². The number of rotatable bonds is 7. The maximum absolute atomic E-state index is 10.2. The van der Waals surface area contributed by atoms with Crippen LogP contribution in [0.2, 0.25) is 5.02 Å². The minimum absolute atomic E-state index is 0.234. The zero-order chi connectivity index (χ0) is 15.9. The molecule has 2 N–H and O–H groups in total. The average molecular weight is 320 g/mol. The Morgan fingerprint density at radius 3 is 2.50 bits per heavy atom. The number of ether oxygens (including phenoxy) is 1. The second kappa shape index (κ2) is 8.18. The molecule has 118 valence electrons. The average Bonchev–Trinajstić information content (AvgIpc) is 2.54. The SMILES string of the molecule is COc1ccccc1CC(C)NC[C@H](O)c1ccc(Cl)cc1. The van der Waals surface area contributed by atoms with Crippen LogP contribution in [0, 0.1) is 0 Å². The molecule has 0 aromatic heterocycles. The molecule has 0 fully saturated rings. The van der Waals surface area contributed by atoms with Crippen molar-refractivity contribution in [1.82, 2.24) is 5.32 Å². The second-order valence-electron chi connectivity index (χ2n) is 5.39. The van der Waals surface area contributed by atoms with E-state index in [1.807, 2.05) is 30.3 Å². The number of nitrogens with one attached hydrogen (secondary N) is 1. The van der Waals surface area contributed by atoms with Gasteiger partial charge in [0, 0.05) is 17.6 Å². The van der Waals surface area contributed by atoms with E-state index in [9.17, 15) is 5.11 Å². The van der Waals surface area contributed by atoms with E-state index in [-0.39, 0.29) is 6.04 Å². The van der Waals surface area contributed by atoms with E-state index in [1.165, 1.54) is 0 Å². The van der Waals surface area contributed by atoms with Crippen LogP contribution in [0.4, 0.5) is 0 Å². The van der Waals surface area contributed by atoms with Gasteiger partial charge in [-0.2, -0.15) is 0 Å². The Bertz CT molecular complexity index is 586. The first kappa shape index (κ1) is 16.8. The number of aliphatic hydroxyl groups excluding tert-OH is 1. The maximum atomic E-state index is 10.2. The zero-order valence-electron chi connectivity index (χ0n) is 12.9. The van der Waals surface area contributed by atoms with Crippen LogP contribution in [0.5, 0.6) is 5.75 Å². The summed E-state index contributed by atoms with van der Waals surface area (Å²) in [7, 11) is 1.68. The highest BCUT2D eigenvalue weighted by atomic mass is 35.5. The first-order valence-corrected chi connectivity index (χ1v) is 7.76. The molecule has 0 aliphatic heterocycles. The minimum Gasteiger partial charge on any atom is -0.496 e. The predicted octanol–water partition coefficient (Wildman–Crippen LogP) is 3.60. The number of methoxy groups -OCH3 is 1. The highest BCUT2D eigenvalue weighted by Gasteiger charge is 2.11. The zero-order valence-corrected chi connectivity index (χ0v) is 13.7. The van der Waals surface area contributed by atoms with Crippen LogP contribution in [0.3, 0.4) is 0 Å². The second-order valence-corrected chi connectivity index (χ2v) is 5.83. The highest BCUT2D eigenvalue weighted by molar-refractivity contribution is 6.30. The molecule has 0 saturated heterocycles. The maximum Gasteiger partial charge on any atom is 0.122 e. The molecule has 2 aromatic carbocycles. The van der Waals surface area contributed by atoms with Crippen molar-refractivity contribution in [1.29, 1.82) is 0 Å². The summed E-state index contributed by atoms with van der Waals surface area (Å²) < 4.78 is 5.36. The van der Waals surface area contributed by atoms with Gasteiger partial charge in [0.2, 0.25) is 0 Å². The van der Waals surface area contributed by atoms with Gasteiger partial charge < -0.3 is 15.2 Å². The van der Waals surface area contributed by atoms with Crippen LogP contribution >= 0.6 is 11.6 Å². The largest absolute Gasteiger partial charge is 0.496 e. The van der Waals surface area contributed by atoms with Crippen molar-refractivity contribution < 1.29 is 9.84 Å². The molecule has 2 atom stereocenters. The molecule has 0 saturated carbocycles. The molecule has 4 heteroatoms. The number of hydrogen-bond donors (Lipinski definition) is 2. The molecule has 1 unspecified atom stereocenters. The summed E-state index contributed by atoms with van der Waals surface area (Å²) in [6, 6.07) is 15.5. The fourth-order valence-electron chi connectivity index (χ4n) is 2.39. The van der Waals surface area contributed by atoms with E-state index in [2.05, 4.69) is 18.3 Å². The van der Waals surface area contributed by atoms with E-state index >= 15 is 0 Å². The first-order valence-electron chi connectivity index (χ1n) is 7.39. The predicted molar refractivity (Wildman–Crippen MR) is 90.6 cm³/mol. The third-order valence-electron chi connectivity index (χ3n) is 3.63. The number of para-hydroxylation sites is 1.